The van der Waals surface area contributed by atoms with Crippen LogP contribution in [-0.4, -0.2) is 7.11 Å². The van der Waals surface area contributed by atoms with Crippen molar-refractivity contribution < 1.29 is 4.74 Å². The molecule has 2 aromatic rings. The smallest absolute Gasteiger partial charge is 0.139 e. The molecule has 0 amide bonds. The van der Waals surface area contributed by atoms with Crippen LogP contribution in [-0.2, 0) is 6.54 Å². The van der Waals surface area contributed by atoms with Crippen LogP contribution in [0.25, 0.3) is 0 Å². The second-order valence-corrected chi connectivity index (χ2v) is 5.19. The highest BCUT2D eigenvalue weighted by molar-refractivity contribution is 6.35. The Labute approximate surface area is 127 Å². The second-order valence-electron chi connectivity index (χ2n) is 3.94. The van der Waals surface area contributed by atoms with E-state index in [1.165, 1.54) is 0 Å². The molecule has 0 heterocycles. The molecule has 2 rings (SSSR count). The molecule has 0 aliphatic carbocycles. The molecule has 0 fully saturated rings. The number of halogens is 3. The predicted octanol–water partition coefficient (Wildman–Crippen LogP) is 5.27. The van der Waals surface area contributed by atoms with Gasteiger partial charge < -0.3 is 10.1 Å². The number of nitrogens with one attached hydrogen (secondary N) is 1. The summed E-state index contributed by atoms with van der Waals surface area (Å²) in [7, 11) is 1.58. The zero-order chi connectivity index (χ0) is 13.8. The highest BCUT2D eigenvalue weighted by atomic mass is 35.5. The van der Waals surface area contributed by atoms with E-state index < -0.39 is 0 Å². The van der Waals surface area contributed by atoms with Crippen LogP contribution in [0.5, 0.6) is 5.75 Å². The first kappa shape index (κ1) is 14.3. The summed E-state index contributed by atoms with van der Waals surface area (Å²) in [6.07, 6.45) is 0. The lowest BCUT2D eigenvalue weighted by atomic mass is 10.2. The number of anilines is 1. The van der Waals surface area contributed by atoms with Crippen molar-refractivity contribution in [3.63, 3.8) is 0 Å². The summed E-state index contributed by atoms with van der Waals surface area (Å²) in [5.41, 5.74) is 1.88. The van der Waals surface area contributed by atoms with Gasteiger partial charge in [0.1, 0.15) is 5.75 Å². The Hall–Kier alpha value is -1.09. The van der Waals surface area contributed by atoms with E-state index in [1.54, 1.807) is 19.2 Å². The van der Waals surface area contributed by atoms with E-state index in [0.717, 1.165) is 11.3 Å². The van der Waals surface area contributed by atoms with Gasteiger partial charge in [0.05, 0.1) is 12.1 Å². The number of methoxy groups -OCH3 is 1. The van der Waals surface area contributed by atoms with E-state index in [1.807, 2.05) is 24.3 Å². The van der Waals surface area contributed by atoms with Crippen LogP contribution in [0, 0.1) is 0 Å². The zero-order valence-electron chi connectivity index (χ0n) is 10.2. The third kappa shape index (κ3) is 3.69. The molecular formula is C14H12Cl3NO. The molecular weight excluding hydrogens is 305 g/mol. The van der Waals surface area contributed by atoms with Gasteiger partial charge in [0.15, 0.2) is 0 Å². The maximum atomic E-state index is 6.11. The molecule has 0 aliphatic rings. The third-order valence-corrected chi connectivity index (χ3v) is 3.55. The van der Waals surface area contributed by atoms with E-state index in [9.17, 15) is 0 Å². The first-order valence-electron chi connectivity index (χ1n) is 5.61. The van der Waals surface area contributed by atoms with Crippen molar-refractivity contribution in [2.45, 2.75) is 6.54 Å². The van der Waals surface area contributed by atoms with Gasteiger partial charge in [-0.2, -0.15) is 0 Å². The fourth-order valence-corrected chi connectivity index (χ4v) is 2.30. The van der Waals surface area contributed by atoms with Crippen LogP contribution in [0.1, 0.15) is 5.56 Å². The molecule has 0 aliphatic heterocycles. The summed E-state index contributed by atoms with van der Waals surface area (Å²) in [6, 6.07) is 10.9. The van der Waals surface area contributed by atoms with E-state index >= 15 is 0 Å². The van der Waals surface area contributed by atoms with Crippen LogP contribution in [0.4, 0.5) is 5.69 Å². The number of hydrogen-bond donors (Lipinski definition) is 1. The first-order valence-corrected chi connectivity index (χ1v) is 6.75. The van der Waals surface area contributed by atoms with Gasteiger partial charge in [0.2, 0.25) is 0 Å². The quantitative estimate of drug-likeness (QED) is 0.830. The van der Waals surface area contributed by atoms with Crippen molar-refractivity contribution in [1.82, 2.24) is 0 Å². The SMILES string of the molecule is COc1cc(NCc2ccc(Cl)cc2Cl)ccc1Cl. The van der Waals surface area contributed by atoms with Gasteiger partial charge in [-0.15, -0.1) is 0 Å². The minimum absolute atomic E-state index is 0.581. The van der Waals surface area contributed by atoms with Gasteiger partial charge in [-0.05, 0) is 29.8 Å². The lowest BCUT2D eigenvalue weighted by Gasteiger charge is -2.10. The Bertz CT molecular complexity index is 587. The summed E-state index contributed by atoms with van der Waals surface area (Å²) in [6.45, 7) is 0.598. The number of ether oxygens (including phenoxy) is 1. The average Bonchev–Trinajstić information content (AvgIpc) is 2.39. The van der Waals surface area contributed by atoms with Crippen molar-refractivity contribution in [3.8, 4) is 5.75 Å². The molecule has 2 nitrogen and oxygen atoms in total. The van der Waals surface area contributed by atoms with E-state index in [2.05, 4.69) is 5.32 Å². The standard InChI is InChI=1S/C14H12Cl3NO/c1-19-14-7-11(4-5-12(14)16)18-8-9-2-3-10(15)6-13(9)17/h2-7,18H,8H2,1H3. The highest BCUT2D eigenvalue weighted by Crippen LogP contribution is 2.28. The Balaban J connectivity index is 2.10. The van der Waals surface area contributed by atoms with Gasteiger partial charge in [-0.25, -0.2) is 0 Å². The summed E-state index contributed by atoms with van der Waals surface area (Å²) >= 11 is 17.9. The molecule has 1 N–H and O–H groups in total. The number of hydrogen-bond acceptors (Lipinski definition) is 2. The second kappa shape index (κ2) is 6.38. The topological polar surface area (TPSA) is 21.3 Å². The van der Waals surface area contributed by atoms with Gasteiger partial charge in [0, 0.05) is 28.3 Å². The van der Waals surface area contributed by atoms with Crippen LogP contribution >= 0.6 is 34.8 Å². The minimum atomic E-state index is 0.581. The molecule has 0 aromatic heterocycles. The Morgan fingerprint density at radius 3 is 2.47 bits per heavy atom. The minimum Gasteiger partial charge on any atom is -0.495 e. The normalized spacial score (nSPS) is 10.3. The van der Waals surface area contributed by atoms with Crippen LogP contribution in [0.15, 0.2) is 36.4 Å². The van der Waals surface area contributed by atoms with Crippen molar-refractivity contribution in [1.29, 1.82) is 0 Å². The molecule has 0 unspecified atom stereocenters. The maximum Gasteiger partial charge on any atom is 0.139 e. The molecule has 19 heavy (non-hydrogen) atoms. The molecule has 0 atom stereocenters. The Kier molecular flexibility index (Phi) is 4.81. The maximum absolute atomic E-state index is 6.11. The van der Waals surface area contributed by atoms with Crippen LogP contribution in [0.3, 0.4) is 0 Å². The van der Waals surface area contributed by atoms with E-state index in [-0.39, 0.29) is 0 Å². The zero-order valence-corrected chi connectivity index (χ0v) is 12.5. The number of rotatable bonds is 4. The van der Waals surface area contributed by atoms with Crippen molar-refractivity contribution in [3.05, 3.63) is 57.0 Å². The van der Waals surface area contributed by atoms with Gasteiger partial charge in [-0.3, -0.25) is 0 Å². The first-order chi connectivity index (χ1) is 9.10. The fourth-order valence-electron chi connectivity index (χ4n) is 1.63. The van der Waals surface area contributed by atoms with Gasteiger partial charge in [-0.1, -0.05) is 40.9 Å². The summed E-state index contributed by atoms with van der Waals surface area (Å²) in [5.74, 6) is 0.633. The predicted molar refractivity (Wildman–Crippen MR) is 81.8 cm³/mol. The molecule has 0 bridgehead atoms. The highest BCUT2D eigenvalue weighted by Gasteiger charge is 2.04. The molecule has 0 saturated carbocycles. The lowest BCUT2D eigenvalue weighted by molar-refractivity contribution is 0.415. The molecule has 100 valence electrons. The third-order valence-electron chi connectivity index (χ3n) is 2.65. The molecule has 5 heteroatoms. The van der Waals surface area contributed by atoms with Gasteiger partial charge in [0.25, 0.3) is 0 Å². The van der Waals surface area contributed by atoms with Crippen molar-refractivity contribution in [2.24, 2.45) is 0 Å². The fraction of sp³-hybridized carbons (Fsp3) is 0.143. The van der Waals surface area contributed by atoms with E-state index in [4.69, 9.17) is 39.5 Å². The molecule has 2 aromatic carbocycles. The Morgan fingerprint density at radius 2 is 1.79 bits per heavy atom. The molecule has 0 saturated heterocycles. The lowest BCUT2D eigenvalue weighted by Crippen LogP contribution is -2.00. The van der Waals surface area contributed by atoms with Crippen LogP contribution in [0.2, 0.25) is 15.1 Å². The largest absolute Gasteiger partial charge is 0.495 e. The number of benzene rings is 2. The van der Waals surface area contributed by atoms with E-state index in [0.29, 0.717) is 27.4 Å². The average molecular weight is 317 g/mol. The van der Waals surface area contributed by atoms with Crippen molar-refractivity contribution >= 4 is 40.5 Å². The molecule has 0 spiro atoms. The van der Waals surface area contributed by atoms with Crippen LogP contribution < -0.4 is 10.1 Å². The summed E-state index contributed by atoms with van der Waals surface area (Å²) < 4.78 is 5.16. The van der Waals surface area contributed by atoms with Gasteiger partial charge >= 0.3 is 0 Å². The Morgan fingerprint density at radius 1 is 1.00 bits per heavy atom. The summed E-state index contributed by atoms with van der Waals surface area (Å²) in [4.78, 5) is 0. The monoisotopic (exact) mass is 315 g/mol. The van der Waals surface area contributed by atoms with Crippen molar-refractivity contribution in [2.75, 3.05) is 12.4 Å². The summed E-state index contributed by atoms with van der Waals surface area (Å²) in [5, 5.41) is 5.10. The molecule has 0 radical (unpaired) electrons.